The van der Waals surface area contributed by atoms with Crippen LogP contribution < -0.4 is 15.7 Å². The lowest BCUT2D eigenvalue weighted by atomic mass is 10.1. The Morgan fingerprint density at radius 3 is 2.45 bits per heavy atom. The summed E-state index contributed by atoms with van der Waals surface area (Å²) in [5, 5.41) is 11.3. The first-order valence-corrected chi connectivity index (χ1v) is 9.21. The Labute approximate surface area is 173 Å². The van der Waals surface area contributed by atoms with E-state index in [-0.39, 0.29) is 12.1 Å². The molecular formula is C19H14BrN3O6. The molecule has 2 heterocycles. The highest BCUT2D eigenvalue weighted by atomic mass is 79.9. The number of anilines is 2. The zero-order valence-corrected chi connectivity index (χ0v) is 16.3. The Morgan fingerprint density at radius 1 is 1.10 bits per heavy atom. The minimum atomic E-state index is -1.63. The van der Waals surface area contributed by atoms with Crippen molar-refractivity contribution in [3.8, 4) is 0 Å². The smallest absolute Gasteiger partial charge is 0.361 e. The van der Waals surface area contributed by atoms with Crippen molar-refractivity contribution in [2.75, 3.05) is 16.8 Å². The van der Waals surface area contributed by atoms with E-state index in [9.17, 15) is 14.4 Å². The van der Waals surface area contributed by atoms with Crippen molar-refractivity contribution in [2.24, 2.45) is 0 Å². The Morgan fingerprint density at radius 2 is 1.79 bits per heavy atom. The van der Waals surface area contributed by atoms with Gasteiger partial charge in [0.25, 0.3) is 5.91 Å². The molecule has 0 aliphatic carbocycles. The van der Waals surface area contributed by atoms with Crippen LogP contribution in [0.4, 0.5) is 11.4 Å². The number of amides is 3. The van der Waals surface area contributed by atoms with Gasteiger partial charge in [0.1, 0.15) is 19.1 Å². The molecule has 3 amide bonds. The van der Waals surface area contributed by atoms with Crippen LogP contribution in [-0.4, -0.2) is 29.5 Å². The van der Waals surface area contributed by atoms with Crippen molar-refractivity contribution >= 4 is 45.0 Å². The van der Waals surface area contributed by atoms with E-state index >= 15 is 0 Å². The van der Waals surface area contributed by atoms with Crippen LogP contribution in [0, 0.1) is 0 Å². The van der Waals surface area contributed by atoms with Gasteiger partial charge in [-0.25, -0.2) is 5.48 Å². The van der Waals surface area contributed by atoms with Crippen LogP contribution in [0.15, 0.2) is 59.5 Å². The fraction of sp³-hybridized carbons (Fsp3) is 0.105. The first-order chi connectivity index (χ1) is 13.9. The molecule has 148 valence electrons. The quantitative estimate of drug-likeness (QED) is 0.476. The number of carbonyl (C=O) groups is 3. The topological polar surface area (TPSA) is 117 Å². The number of rotatable bonds is 4. The highest BCUT2D eigenvalue weighted by Gasteiger charge is 2.57. The zero-order chi connectivity index (χ0) is 20.6. The van der Waals surface area contributed by atoms with E-state index in [0.717, 1.165) is 4.47 Å². The number of hydrogen-bond acceptors (Lipinski definition) is 6. The summed E-state index contributed by atoms with van der Waals surface area (Å²) < 4.78 is 11.7. The summed E-state index contributed by atoms with van der Waals surface area (Å²) in [6.07, 6.45) is 2.58. The van der Waals surface area contributed by atoms with Crippen LogP contribution in [-0.2, 0) is 24.8 Å². The van der Waals surface area contributed by atoms with Crippen molar-refractivity contribution in [2.45, 2.75) is 5.79 Å². The van der Waals surface area contributed by atoms with Crippen LogP contribution >= 0.6 is 15.9 Å². The fourth-order valence-electron chi connectivity index (χ4n) is 3.18. The average molecular weight is 460 g/mol. The van der Waals surface area contributed by atoms with Gasteiger partial charge >= 0.3 is 11.7 Å². The van der Waals surface area contributed by atoms with Crippen LogP contribution in [0.5, 0.6) is 0 Å². The summed E-state index contributed by atoms with van der Waals surface area (Å²) in [4.78, 5) is 38.2. The average Bonchev–Trinajstić information content (AvgIpc) is 3.29. The molecule has 0 aromatic heterocycles. The number of halogens is 1. The molecule has 29 heavy (non-hydrogen) atoms. The van der Waals surface area contributed by atoms with Crippen molar-refractivity contribution < 1.29 is 29.1 Å². The van der Waals surface area contributed by atoms with Crippen molar-refractivity contribution in [3.63, 3.8) is 0 Å². The largest absolute Gasteiger partial charge is 0.445 e. The van der Waals surface area contributed by atoms with Crippen LogP contribution in [0.2, 0.25) is 0 Å². The normalized spacial score (nSPS) is 15.7. The third kappa shape index (κ3) is 3.22. The second kappa shape index (κ2) is 7.22. The second-order valence-corrected chi connectivity index (χ2v) is 7.16. The molecule has 0 unspecified atom stereocenters. The molecular weight excluding hydrogens is 446 g/mol. The number of hydrogen-bond donors (Lipinski definition) is 3. The third-order valence-corrected chi connectivity index (χ3v) is 4.98. The van der Waals surface area contributed by atoms with Crippen molar-refractivity contribution in [1.29, 1.82) is 0 Å². The van der Waals surface area contributed by atoms with Gasteiger partial charge in [0.2, 0.25) is 5.91 Å². The molecule has 2 aliphatic heterocycles. The van der Waals surface area contributed by atoms with Crippen LogP contribution in [0.1, 0.15) is 15.9 Å². The van der Waals surface area contributed by atoms with Gasteiger partial charge < -0.3 is 14.8 Å². The van der Waals surface area contributed by atoms with Gasteiger partial charge in [-0.2, -0.15) is 0 Å². The Bertz CT molecular complexity index is 1030. The molecule has 0 fully saturated rings. The van der Waals surface area contributed by atoms with E-state index in [1.54, 1.807) is 18.2 Å². The highest BCUT2D eigenvalue weighted by molar-refractivity contribution is 9.10. The zero-order valence-electron chi connectivity index (χ0n) is 14.7. The molecule has 0 atom stereocenters. The minimum Gasteiger partial charge on any atom is -0.445 e. The van der Waals surface area contributed by atoms with E-state index in [1.165, 1.54) is 47.2 Å². The molecule has 2 aromatic carbocycles. The molecule has 3 N–H and O–H groups in total. The van der Waals surface area contributed by atoms with Crippen molar-refractivity contribution in [3.05, 3.63) is 70.6 Å². The Kier molecular flexibility index (Phi) is 4.73. The summed E-state index contributed by atoms with van der Waals surface area (Å²) in [6, 6.07) is 11.1. The fourth-order valence-corrected chi connectivity index (χ4v) is 3.54. The van der Waals surface area contributed by atoms with E-state index in [2.05, 4.69) is 21.2 Å². The van der Waals surface area contributed by atoms with E-state index in [0.29, 0.717) is 16.9 Å². The highest BCUT2D eigenvalue weighted by Crippen LogP contribution is 2.46. The summed E-state index contributed by atoms with van der Waals surface area (Å²) in [5.41, 5.74) is 3.18. The van der Waals surface area contributed by atoms with Gasteiger partial charge in [0.05, 0.1) is 11.3 Å². The van der Waals surface area contributed by atoms with Gasteiger partial charge in [-0.3, -0.25) is 24.5 Å². The standard InChI is InChI=1S/C19H14BrN3O6/c20-12-3-6-15-14(9-12)19(28-7-8-29-19)18(26)23(15)10-16(24)21-13-4-1-11(2-5-13)17(25)22-27/h1-9,27H,10H2,(H,21,24)(H,22,25). The van der Waals surface area contributed by atoms with Gasteiger partial charge in [0.15, 0.2) is 0 Å². The molecule has 0 saturated carbocycles. The number of ether oxygens (including phenoxy) is 2. The third-order valence-electron chi connectivity index (χ3n) is 4.49. The predicted octanol–water partition coefficient (Wildman–Crippen LogP) is 2.22. The van der Waals surface area contributed by atoms with E-state index in [1.807, 2.05) is 0 Å². The van der Waals surface area contributed by atoms with E-state index < -0.39 is 23.5 Å². The maximum absolute atomic E-state index is 13.0. The maximum atomic E-state index is 13.0. The Balaban J connectivity index is 1.53. The monoisotopic (exact) mass is 459 g/mol. The number of fused-ring (bicyclic) bond motifs is 2. The molecule has 2 aromatic rings. The number of carbonyl (C=O) groups excluding carboxylic acids is 3. The molecule has 1 spiro atoms. The second-order valence-electron chi connectivity index (χ2n) is 6.24. The number of nitrogens with zero attached hydrogens (tertiary/aromatic N) is 1. The Hall–Kier alpha value is -3.37. The molecule has 0 saturated heterocycles. The number of hydroxylamine groups is 1. The SMILES string of the molecule is O=C(CN1C(=O)C2(OC=CO2)c2cc(Br)ccc21)Nc1ccc(C(=O)NO)cc1. The molecule has 9 nitrogen and oxygen atoms in total. The lowest BCUT2D eigenvalue weighted by Crippen LogP contribution is -2.44. The predicted molar refractivity (Wildman–Crippen MR) is 104 cm³/mol. The van der Waals surface area contributed by atoms with Crippen LogP contribution in [0.3, 0.4) is 0 Å². The number of nitrogens with one attached hydrogen (secondary N) is 2. The molecule has 2 aliphatic rings. The molecule has 0 bridgehead atoms. The number of benzene rings is 2. The summed E-state index contributed by atoms with van der Waals surface area (Å²) in [7, 11) is 0. The maximum Gasteiger partial charge on any atom is 0.361 e. The molecule has 4 rings (SSSR count). The van der Waals surface area contributed by atoms with Crippen molar-refractivity contribution in [1.82, 2.24) is 5.48 Å². The molecule has 0 radical (unpaired) electrons. The van der Waals surface area contributed by atoms with Gasteiger partial charge in [-0.1, -0.05) is 15.9 Å². The van der Waals surface area contributed by atoms with Gasteiger partial charge in [-0.15, -0.1) is 0 Å². The minimum absolute atomic E-state index is 0.227. The first-order valence-electron chi connectivity index (χ1n) is 8.41. The molecule has 10 heteroatoms. The van der Waals surface area contributed by atoms with E-state index in [4.69, 9.17) is 14.7 Å². The van der Waals surface area contributed by atoms with Gasteiger partial charge in [-0.05, 0) is 42.5 Å². The lowest BCUT2D eigenvalue weighted by Gasteiger charge is -2.22. The lowest BCUT2D eigenvalue weighted by molar-refractivity contribution is -0.173. The van der Waals surface area contributed by atoms with Gasteiger partial charge in [0, 0.05) is 15.7 Å². The summed E-state index contributed by atoms with van der Waals surface area (Å²) in [5.74, 6) is -3.25. The van der Waals surface area contributed by atoms with Crippen LogP contribution in [0.25, 0.3) is 0 Å². The summed E-state index contributed by atoms with van der Waals surface area (Å²) >= 11 is 3.37. The summed E-state index contributed by atoms with van der Waals surface area (Å²) in [6.45, 7) is -0.263. The first kappa shape index (κ1) is 19.0.